The van der Waals surface area contributed by atoms with Crippen molar-refractivity contribution in [2.24, 2.45) is 17.8 Å². The fraction of sp³-hybridized carbons (Fsp3) is 1.00. The minimum atomic E-state index is 0.742. The molecule has 3 heteroatoms. The fourth-order valence-electron chi connectivity index (χ4n) is 4.10. The summed E-state index contributed by atoms with van der Waals surface area (Å²) >= 11 is 0. The van der Waals surface area contributed by atoms with Crippen LogP contribution in [0.15, 0.2) is 0 Å². The van der Waals surface area contributed by atoms with Crippen molar-refractivity contribution < 1.29 is 0 Å². The van der Waals surface area contributed by atoms with E-state index in [1.807, 2.05) is 0 Å². The van der Waals surface area contributed by atoms with E-state index in [1.165, 1.54) is 58.4 Å². The van der Waals surface area contributed by atoms with E-state index in [9.17, 15) is 0 Å². The van der Waals surface area contributed by atoms with Crippen LogP contribution in [0.2, 0.25) is 0 Å². The first-order chi connectivity index (χ1) is 9.60. The lowest BCUT2D eigenvalue weighted by Gasteiger charge is -2.40. The van der Waals surface area contributed by atoms with Crippen molar-refractivity contribution in [3.63, 3.8) is 0 Å². The van der Waals surface area contributed by atoms with Gasteiger partial charge < -0.3 is 15.1 Å². The second kappa shape index (κ2) is 7.77. The molecule has 3 unspecified atom stereocenters. The van der Waals surface area contributed by atoms with Crippen molar-refractivity contribution in [1.29, 1.82) is 0 Å². The lowest BCUT2D eigenvalue weighted by atomic mass is 9.73. The van der Waals surface area contributed by atoms with Gasteiger partial charge in [0.15, 0.2) is 0 Å². The normalized spacial score (nSPS) is 34.4. The molecule has 118 valence electrons. The van der Waals surface area contributed by atoms with Gasteiger partial charge in [-0.2, -0.15) is 0 Å². The lowest BCUT2D eigenvalue weighted by molar-refractivity contribution is 0.126. The van der Waals surface area contributed by atoms with Crippen molar-refractivity contribution in [2.45, 2.75) is 45.6 Å². The van der Waals surface area contributed by atoms with Gasteiger partial charge in [0.05, 0.1) is 0 Å². The summed E-state index contributed by atoms with van der Waals surface area (Å²) in [4.78, 5) is 5.20. The molecule has 0 spiro atoms. The molecule has 0 amide bonds. The van der Waals surface area contributed by atoms with Gasteiger partial charge in [0.25, 0.3) is 0 Å². The van der Waals surface area contributed by atoms with Crippen LogP contribution >= 0.6 is 0 Å². The van der Waals surface area contributed by atoms with Crippen LogP contribution in [0.25, 0.3) is 0 Å². The molecule has 1 saturated heterocycles. The Morgan fingerprint density at radius 2 is 1.90 bits per heavy atom. The molecule has 2 rings (SSSR count). The van der Waals surface area contributed by atoms with Gasteiger partial charge in [0, 0.05) is 25.7 Å². The summed E-state index contributed by atoms with van der Waals surface area (Å²) in [5.74, 6) is 2.65. The average Bonchev–Trinajstić information content (AvgIpc) is 2.63. The Bertz CT molecular complexity index is 279. The summed E-state index contributed by atoms with van der Waals surface area (Å²) in [6, 6.07) is 0.742. The molecular weight excluding hydrogens is 246 g/mol. The van der Waals surface area contributed by atoms with E-state index in [2.05, 4.69) is 43.1 Å². The summed E-state index contributed by atoms with van der Waals surface area (Å²) in [6.07, 6.45) is 5.55. The van der Waals surface area contributed by atoms with E-state index in [4.69, 9.17) is 0 Å². The molecule has 1 heterocycles. The van der Waals surface area contributed by atoms with Crippen LogP contribution in [0, 0.1) is 17.8 Å². The highest BCUT2D eigenvalue weighted by atomic mass is 15.2. The summed E-state index contributed by atoms with van der Waals surface area (Å²) in [5.41, 5.74) is 0. The molecule has 20 heavy (non-hydrogen) atoms. The first-order valence-electron chi connectivity index (χ1n) is 8.68. The fourth-order valence-corrected chi connectivity index (χ4v) is 4.10. The number of rotatable bonds is 4. The molecule has 0 bridgehead atoms. The first kappa shape index (κ1) is 16.3. The van der Waals surface area contributed by atoms with Crippen LogP contribution in [0.5, 0.6) is 0 Å². The molecule has 2 fully saturated rings. The van der Waals surface area contributed by atoms with Crippen LogP contribution in [0.3, 0.4) is 0 Å². The van der Waals surface area contributed by atoms with Crippen molar-refractivity contribution in [3.05, 3.63) is 0 Å². The quantitative estimate of drug-likeness (QED) is 0.853. The Kier molecular flexibility index (Phi) is 6.31. The number of hydrogen-bond acceptors (Lipinski definition) is 3. The molecular formula is C17H35N3. The number of likely N-dealkylation sites (N-methyl/N-ethyl adjacent to an activating group) is 1. The first-order valence-corrected chi connectivity index (χ1v) is 8.68. The zero-order valence-corrected chi connectivity index (χ0v) is 14.1. The van der Waals surface area contributed by atoms with Crippen molar-refractivity contribution in [3.8, 4) is 0 Å². The zero-order valence-electron chi connectivity index (χ0n) is 14.1. The molecule has 1 aliphatic heterocycles. The highest BCUT2D eigenvalue weighted by Crippen LogP contribution is 2.34. The number of hydrogen-bond donors (Lipinski definition) is 1. The van der Waals surface area contributed by atoms with Gasteiger partial charge in [-0.3, -0.25) is 0 Å². The molecule has 1 N–H and O–H groups in total. The largest absolute Gasteiger partial charge is 0.317 e. The predicted octanol–water partition coefficient (Wildman–Crippen LogP) is 2.28. The second-order valence-corrected chi connectivity index (χ2v) is 7.43. The summed E-state index contributed by atoms with van der Waals surface area (Å²) in [5, 5.41) is 3.59. The monoisotopic (exact) mass is 281 g/mol. The van der Waals surface area contributed by atoms with E-state index in [1.54, 1.807) is 0 Å². The van der Waals surface area contributed by atoms with Gasteiger partial charge in [-0.1, -0.05) is 13.8 Å². The highest BCUT2D eigenvalue weighted by Gasteiger charge is 2.32. The van der Waals surface area contributed by atoms with Gasteiger partial charge in [-0.15, -0.1) is 0 Å². The van der Waals surface area contributed by atoms with Gasteiger partial charge in [0.2, 0.25) is 0 Å². The summed E-state index contributed by atoms with van der Waals surface area (Å²) < 4.78 is 0. The van der Waals surface area contributed by atoms with Crippen LogP contribution in [-0.4, -0.2) is 62.7 Å². The molecule has 3 atom stereocenters. The Morgan fingerprint density at radius 1 is 1.10 bits per heavy atom. The third-order valence-corrected chi connectivity index (χ3v) is 5.64. The van der Waals surface area contributed by atoms with Crippen LogP contribution < -0.4 is 5.32 Å². The maximum atomic E-state index is 3.59. The number of nitrogens with one attached hydrogen (secondary N) is 1. The summed E-state index contributed by atoms with van der Waals surface area (Å²) in [6.45, 7) is 11.2. The molecule has 0 aromatic carbocycles. The molecule has 1 aliphatic carbocycles. The molecule has 3 nitrogen and oxygen atoms in total. The molecule has 0 aromatic rings. The Morgan fingerprint density at radius 3 is 2.60 bits per heavy atom. The third kappa shape index (κ3) is 4.44. The van der Waals surface area contributed by atoms with Crippen LogP contribution in [0.1, 0.15) is 39.5 Å². The van der Waals surface area contributed by atoms with Gasteiger partial charge in [-0.05, 0) is 70.6 Å². The van der Waals surface area contributed by atoms with Crippen LogP contribution in [0.4, 0.5) is 0 Å². The minimum absolute atomic E-state index is 0.742. The Balaban J connectivity index is 1.90. The van der Waals surface area contributed by atoms with E-state index in [0.717, 1.165) is 23.8 Å². The number of nitrogens with zero attached hydrogens (tertiary/aromatic N) is 2. The van der Waals surface area contributed by atoms with Crippen molar-refractivity contribution >= 4 is 0 Å². The molecule has 0 radical (unpaired) electrons. The maximum Gasteiger partial charge on any atom is 0.0109 e. The highest BCUT2D eigenvalue weighted by molar-refractivity contribution is 4.87. The standard InChI is InChI=1S/C17H35N3/c1-14(2)15-6-7-17(18-3)16(12-15)13-20-9-5-8-19(4)10-11-20/h14-18H,5-13H2,1-4H3. The van der Waals surface area contributed by atoms with Gasteiger partial charge >= 0.3 is 0 Å². The van der Waals surface area contributed by atoms with Crippen LogP contribution in [-0.2, 0) is 0 Å². The lowest BCUT2D eigenvalue weighted by Crippen LogP contribution is -2.46. The zero-order chi connectivity index (χ0) is 14.5. The molecule has 0 aromatic heterocycles. The molecule has 2 aliphatic rings. The van der Waals surface area contributed by atoms with Crippen molar-refractivity contribution in [1.82, 2.24) is 15.1 Å². The van der Waals surface area contributed by atoms with E-state index >= 15 is 0 Å². The molecule has 1 saturated carbocycles. The second-order valence-electron chi connectivity index (χ2n) is 7.43. The van der Waals surface area contributed by atoms with Gasteiger partial charge in [0.1, 0.15) is 0 Å². The maximum absolute atomic E-state index is 3.59. The summed E-state index contributed by atoms with van der Waals surface area (Å²) in [7, 11) is 4.42. The topological polar surface area (TPSA) is 18.5 Å². The van der Waals surface area contributed by atoms with E-state index < -0.39 is 0 Å². The SMILES string of the molecule is CNC1CCC(C(C)C)CC1CN1CCCN(C)CC1. The predicted molar refractivity (Wildman–Crippen MR) is 87.1 cm³/mol. The average molecular weight is 281 g/mol. The van der Waals surface area contributed by atoms with Gasteiger partial charge in [-0.25, -0.2) is 0 Å². The van der Waals surface area contributed by atoms with E-state index in [0.29, 0.717) is 0 Å². The minimum Gasteiger partial charge on any atom is -0.317 e. The smallest absolute Gasteiger partial charge is 0.0109 e. The van der Waals surface area contributed by atoms with Crippen molar-refractivity contribution in [2.75, 3.05) is 46.8 Å². The Labute approximate surface area is 126 Å². The van der Waals surface area contributed by atoms with E-state index in [-0.39, 0.29) is 0 Å². The Hall–Kier alpha value is -0.120. The third-order valence-electron chi connectivity index (χ3n) is 5.64.